The standard InChI is InChI=1S/C27H22N2O5S/c1-17(30)18-6-8-20(9-7-18)23-11-10-22(34-23)14-24-26(32)29(27(33)35-24)16-25(31)28-13-12-19-4-2-3-5-21(19)15-28/h2-11,14H,12-13,15-16H2,1H3/b24-14+. The minimum absolute atomic E-state index is 0.0176. The van der Waals surface area contributed by atoms with Crippen LogP contribution in [0.2, 0.25) is 0 Å². The Morgan fingerprint density at radius 3 is 2.49 bits per heavy atom. The van der Waals surface area contributed by atoms with Crippen LogP contribution in [0, 0.1) is 0 Å². The van der Waals surface area contributed by atoms with Gasteiger partial charge in [0.1, 0.15) is 18.1 Å². The highest BCUT2D eigenvalue weighted by molar-refractivity contribution is 8.18. The number of hydrogen-bond acceptors (Lipinski definition) is 6. The lowest BCUT2D eigenvalue weighted by atomic mass is 10.00. The number of carbonyl (C=O) groups is 4. The molecule has 0 bridgehead atoms. The number of furan rings is 1. The third kappa shape index (κ3) is 4.70. The second-order valence-corrected chi connectivity index (χ2v) is 9.43. The normalized spacial score (nSPS) is 16.7. The van der Waals surface area contributed by atoms with Crippen LogP contribution in [-0.2, 0) is 22.6 Å². The van der Waals surface area contributed by atoms with Crippen LogP contribution in [0.4, 0.5) is 4.79 Å². The van der Waals surface area contributed by atoms with Gasteiger partial charge in [0, 0.05) is 30.3 Å². The highest BCUT2D eigenvalue weighted by Gasteiger charge is 2.37. The number of thioether (sulfide) groups is 1. The molecule has 5 rings (SSSR count). The first-order valence-corrected chi connectivity index (χ1v) is 12.0. The third-order valence-electron chi connectivity index (χ3n) is 6.13. The van der Waals surface area contributed by atoms with Crippen molar-refractivity contribution in [3.8, 4) is 11.3 Å². The fourth-order valence-electron chi connectivity index (χ4n) is 4.16. The molecule has 1 saturated heterocycles. The van der Waals surface area contributed by atoms with E-state index in [-0.39, 0.29) is 23.1 Å². The van der Waals surface area contributed by atoms with Gasteiger partial charge in [0.25, 0.3) is 11.1 Å². The Hall–Kier alpha value is -3.91. The first-order valence-electron chi connectivity index (χ1n) is 11.2. The summed E-state index contributed by atoms with van der Waals surface area (Å²) in [7, 11) is 0. The zero-order valence-electron chi connectivity index (χ0n) is 19.0. The number of ketones is 1. The quantitative estimate of drug-likeness (QED) is 0.381. The number of fused-ring (bicyclic) bond motifs is 1. The molecule has 3 heterocycles. The van der Waals surface area contributed by atoms with Crippen LogP contribution in [0.3, 0.4) is 0 Å². The fourth-order valence-corrected chi connectivity index (χ4v) is 4.98. The van der Waals surface area contributed by atoms with Crippen molar-refractivity contribution in [2.75, 3.05) is 13.1 Å². The average molecular weight is 487 g/mol. The Bertz CT molecular complexity index is 1370. The predicted octanol–water partition coefficient (Wildman–Crippen LogP) is 4.77. The number of Topliss-reactive ketones (excluding diaryl/α,β-unsaturated/α-hetero) is 1. The number of amides is 3. The molecule has 3 amide bonds. The molecule has 0 unspecified atom stereocenters. The average Bonchev–Trinajstić information content (AvgIpc) is 3.44. The van der Waals surface area contributed by atoms with Crippen LogP contribution in [0.25, 0.3) is 17.4 Å². The van der Waals surface area contributed by atoms with Crippen LogP contribution in [0.15, 0.2) is 70.0 Å². The smallest absolute Gasteiger partial charge is 0.294 e. The van der Waals surface area contributed by atoms with E-state index in [2.05, 4.69) is 6.07 Å². The monoisotopic (exact) mass is 486 g/mol. The highest BCUT2D eigenvalue weighted by Crippen LogP contribution is 2.33. The van der Waals surface area contributed by atoms with Gasteiger partial charge in [0.15, 0.2) is 5.78 Å². The number of benzene rings is 2. The topological polar surface area (TPSA) is 87.9 Å². The zero-order chi connectivity index (χ0) is 24.5. The number of hydrogen-bond donors (Lipinski definition) is 0. The summed E-state index contributed by atoms with van der Waals surface area (Å²) in [4.78, 5) is 52.6. The molecule has 0 saturated carbocycles. The summed E-state index contributed by atoms with van der Waals surface area (Å²) < 4.78 is 5.83. The fraction of sp³-hybridized carbons (Fsp3) is 0.185. The Morgan fingerprint density at radius 2 is 1.74 bits per heavy atom. The maximum absolute atomic E-state index is 12.9. The second kappa shape index (κ2) is 9.38. The van der Waals surface area contributed by atoms with E-state index in [0.717, 1.165) is 34.2 Å². The van der Waals surface area contributed by atoms with Gasteiger partial charge in [-0.25, -0.2) is 0 Å². The van der Waals surface area contributed by atoms with Gasteiger partial charge in [0.05, 0.1) is 4.91 Å². The molecule has 0 spiro atoms. The first kappa shape index (κ1) is 22.9. The van der Waals surface area contributed by atoms with Gasteiger partial charge in [-0.3, -0.25) is 24.1 Å². The number of imide groups is 1. The number of carbonyl (C=O) groups excluding carboxylic acids is 4. The maximum atomic E-state index is 12.9. The van der Waals surface area contributed by atoms with Crippen molar-refractivity contribution < 1.29 is 23.6 Å². The molecule has 8 heteroatoms. The molecule has 2 aromatic carbocycles. The van der Waals surface area contributed by atoms with E-state index in [1.165, 1.54) is 18.6 Å². The van der Waals surface area contributed by atoms with Crippen molar-refractivity contribution in [3.05, 3.63) is 88.0 Å². The van der Waals surface area contributed by atoms with E-state index >= 15 is 0 Å². The molecule has 176 valence electrons. The third-order valence-corrected chi connectivity index (χ3v) is 7.03. The molecule has 0 N–H and O–H groups in total. The molecule has 2 aliphatic rings. The van der Waals surface area contributed by atoms with Crippen molar-refractivity contribution in [2.24, 2.45) is 0 Å². The van der Waals surface area contributed by atoms with Crippen LogP contribution in [0.1, 0.15) is 34.2 Å². The van der Waals surface area contributed by atoms with E-state index in [1.807, 2.05) is 18.2 Å². The predicted molar refractivity (Wildman–Crippen MR) is 132 cm³/mol. The number of nitrogens with zero attached hydrogens (tertiary/aromatic N) is 2. The second-order valence-electron chi connectivity index (χ2n) is 8.44. The Kier molecular flexibility index (Phi) is 6.13. The molecule has 0 atom stereocenters. The minimum atomic E-state index is -0.505. The lowest BCUT2D eigenvalue weighted by Gasteiger charge is -2.29. The summed E-state index contributed by atoms with van der Waals surface area (Å²) in [6.07, 6.45) is 2.27. The van der Waals surface area contributed by atoms with Gasteiger partial charge < -0.3 is 9.32 Å². The highest BCUT2D eigenvalue weighted by atomic mass is 32.2. The molecule has 35 heavy (non-hydrogen) atoms. The lowest BCUT2D eigenvalue weighted by Crippen LogP contribution is -2.44. The summed E-state index contributed by atoms with van der Waals surface area (Å²) in [5.41, 5.74) is 3.71. The van der Waals surface area contributed by atoms with E-state index in [1.54, 1.807) is 41.3 Å². The number of rotatable bonds is 5. The van der Waals surface area contributed by atoms with Crippen molar-refractivity contribution in [1.29, 1.82) is 0 Å². The van der Waals surface area contributed by atoms with Crippen molar-refractivity contribution >= 4 is 40.7 Å². The maximum Gasteiger partial charge on any atom is 0.294 e. The molecule has 1 aromatic heterocycles. The lowest BCUT2D eigenvalue weighted by molar-refractivity contribution is -0.136. The molecule has 0 aliphatic carbocycles. The zero-order valence-corrected chi connectivity index (χ0v) is 19.8. The molecular formula is C27H22N2O5S. The van der Waals surface area contributed by atoms with Crippen LogP contribution in [0.5, 0.6) is 0 Å². The van der Waals surface area contributed by atoms with Gasteiger partial charge in [-0.15, -0.1) is 0 Å². The van der Waals surface area contributed by atoms with E-state index < -0.39 is 11.1 Å². The molecule has 0 radical (unpaired) electrons. The van der Waals surface area contributed by atoms with Crippen LogP contribution < -0.4 is 0 Å². The summed E-state index contributed by atoms with van der Waals surface area (Å²) >= 11 is 0.794. The van der Waals surface area contributed by atoms with Gasteiger partial charge in [0.2, 0.25) is 5.91 Å². The van der Waals surface area contributed by atoms with Crippen molar-refractivity contribution in [1.82, 2.24) is 9.80 Å². The van der Waals surface area contributed by atoms with Crippen molar-refractivity contribution in [2.45, 2.75) is 19.9 Å². The van der Waals surface area contributed by atoms with E-state index in [0.29, 0.717) is 30.2 Å². The molecule has 7 nitrogen and oxygen atoms in total. The Labute approximate surface area is 206 Å². The Balaban J connectivity index is 1.26. The largest absolute Gasteiger partial charge is 0.457 e. The SMILES string of the molecule is CC(=O)c1ccc(-c2ccc(/C=C3/SC(=O)N(CC(=O)N4CCc5ccccc5C4)C3=O)o2)cc1. The van der Waals surface area contributed by atoms with E-state index in [4.69, 9.17) is 4.42 Å². The van der Waals surface area contributed by atoms with E-state index in [9.17, 15) is 19.2 Å². The van der Waals surface area contributed by atoms with Gasteiger partial charge in [-0.1, -0.05) is 48.5 Å². The van der Waals surface area contributed by atoms with Gasteiger partial charge in [-0.2, -0.15) is 0 Å². The molecule has 3 aromatic rings. The minimum Gasteiger partial charge on any atom is -0.457 e. The molecule has 1 fully saturated rings. The molecular weight excluding hydrogens is 464 g/mol. The summed E-state index contributed by atoms with van der Waals surface area (Å²) in [5.74, 6) is 0.217. The molecule has 2 aliphatic heterocycles. The summed E-state index contributed by atoms with van der Waals surface area (Å²) in [5, 5.41) is -0.474. The van der Waals surface area contributed by atoms with Crippen molar-refractivity contribution in [3.63, 3.8) is 0 Å². The summed E-state index contributed by atoms with van der Waals surface area (Å²) in [6, 6.07) is 18.5. The van der Waals surface area contributed by atoms with Crippen LogP contribution in [-0.4, -0.2) is 45.7 Å². The van der Waals surface area contributed by atoms with Gasteiger partial charge >= 0.3 is 0 Å². The first-order chi connectivity index (χ1) is 16.9. The van der Waals surface area contributed by atoms with Gasteiger partial charge in [-0.05, 0) is 48.4 Å². The summed E-state index contributed by atoms with van der Waals surface area (Å²) in [6.45, 7) is 2.26. The Morgan fingerprint density at radius 1 is 1.00 bits per heavy atom. The van der Waals surface area contributed by atoms with Crippen LogP contribution >= 0.6 is 11.8 Å².